The number of carbonyl (C=O) groups excluding carboxylic acids is 1. The Bertz CT molecular complexity index is 1160. The quantitative estimate of drug-likeness (QED) is 0.691. The number of fused-ring (bicyclic) bond motifs is 1. The van der Waals surface area contributed by atoms with Gasteiger partial charge in [0.25, 0.3) is 5.91 Å². The van der Waals surface area contributed by atoms with E-state index in [-0.39, 0.29) is 17.6 Å². The maximum absolute atomic E-state index is 12.8. The lowest BCUT2D eigenvalue weighted by atomic mass is 9.85. The van der Waals surface area contributed by atoms with Crippen molar-refractivity contribution in [2.45, 2.75) is 52.1 Å². The smallest absolute Gasteiger partial charge is 0.330 e. The number of hydrogen-bond donors (Lipinski definition) is 1. The fourth-order valence-electron chi connectivity index (χ4n) is 4.40. The minimum absolute atomic E-state index is 0.0221. The van der Waals surface area contributed by atoms with Gasteiger partial charge in [-0.15, -0.1) is 0 Å². The van der Waals surface area contributed by atoms with Gasteiger partial charge in [-0.1, -0.05) is 11.6 Å². The predicted octanol–water partition coefficient (Wildman–Crippen LogP) is 3.39. The van der Waals surface area contributed by atoms with Crippen LogP contribution in [0, 0.1) is 19.8 Å². The van der Waals surface area contributed by atoms with Gasteiger partial charge in [-0.2, -0.15) is 0 Å². The molecule has 1 aliphatic rings. The fourth-order valence-corrected chi connectivity index (χ4v) is 4.56. The zero-order valence-electron chi connectivity index (χ0n) is 17.5. The Labute approximate surface area is 180 Å². The molecule has 0 saturated heterocycles. The van der Waals surface area contributed by atoms with Crippen LogP contribution in [0.4, 0.5) is 0 Å². The maximum Gasteiger partial charge on any atom is 0.330 e. The summed E-state index contributed by atoms with van der Waals surface area (Å²) in [6.07, 6.45) is 6.98. The van der Waals surface area contributed by atoms with E-state index in [4.69, 9.17) is 11.6 Å². The van der Waals surface area contributed by atoms with Crippen molar-refractivity contribution in [1.82, 2.24) is 24.4 Å². The number of carbonyl (C=O) groups is 1. The third kappa shape index (κ3) is 3.86. The van der Waals surface area contributed by atoms with Crippen LogP contribution in [0.2, 0.25) is 5.02 Å². The van der Waals surface area contributed by atoms with Crippen LogP contribution in [-0.2, 0) is 13.6 Å². The Morgan fingerprint density at radius 2 is 1.97 bits per heavy atom. The van der Waals surface area contributed by atoms with E-state index < -0.39 is 0 Å². The molecule has 0 aromatic carbocycles. The van der Waals surface area contributed by atoms with E-state index >= 15 is 0 Å². The molecule has 0 bridgehead atoms. The summed E-state index contributed by atoms with van der Waals surface area (Å²) in [5, 5.41) is 3.58. The number of pyridine rings is 2. The second-order valence-electron chi connectivity index (χ2n) is 8.23. The SMILES string of the molecule is Cc1ncc(Cl)cc1C(=O)N[C@H]1CC[C@@H](Cn2c(=O)n(C)c3nccc(C)c32)CC1. The lowest BCUT2D eigenvalue weighted by Gasteiger charge is -2.29. The average Bonchev–Trinajstić information content (AvgIpc) is 2.97. The first-order valence-corrected chi connectivity index (χ1v) is 10.7. The van der Waals surface area contributed by atoms with Crippen LogP contribution in [0.3, 0.4) is 0 Å². The summed E-state index contributed by atoms with van der Waals surface area (Å²) in [7, 11) is 1.77. The third-order valence-corrected chi connectivity index (χ3v) is 6.34. The molecular formula is C22H26ClN5O2. The van der Waals surface area contributed by atoms with Crippen molar-refractivity contribution in [2.24, 2.45) is 13.0 Å². The molecule has 1 N–H and O–H groups in total. The molecule has 7 nitrogen and oxygen atoms in total. The van der Waals surface area contributed by atoms with Gasteiger partial charge in [0.2, 0.25) is 0 Å². The van der Waals surface area contributed by atoms with Crippen LogP contribution in [-0.4, -0.2) is 31.1 Å². The molecule has 0 radical (unpaired) electrons. The first kappa shape index (κ1) is 20.6. The Hall–Kier alpha value is -2.67. The molecular weight excluding hydrogens is 402 g/mol. The van der Waals surface area contributed by atoms with Gasteiger partial charge in [-0.3, -0.25) is 18.9 Å². The second kappa shape index (κ2) is 8.22. The van der Waals surface area contributed by atoms with Gasteiger partial charge in [0.05, 0.1) is 21.8 Å². The van der Waals surface area contributed by atoms with Crippen molar-refractivity contribution in [3.8, 4) is 0 Å². The molecule has 0 unspecified atom stereocenters. The summed E-state index contributed by atoms with van der Waals surface area (Å²) in [5.74, 6) is 0.272. The van der Waals surface area contributed by atoms with Crippen molar-refractivity contribution >= 4 is 28.7 Å². The number of aromatic nitrogens is 4. The van der Waals surface area contributed by atoms with Crippen LogP contribution in [0.5, 0.6) is 0 Å². The Morgan fingerprint density at radius 3 is 2.70 bits per heavy atom. The molecule has 158 valence electrons. The minimum Gasteiger partial charge on any atom is -0.349 e. The number of aryl methyl sites for hydroxylation is 3. The molecule has 3 aromatic heterocycles. The van der Waals surface area contributed by atoms with Gasteiger partial charge in [-0.25, -0.2) is 9.78 Å². The summed E-state index contributed by atoms with van der Waals surface area (Å²) in [6.45, 7) is 4.50. The fraction of sp³-hybridized carbons (Fsp3) is 0.455. The zero-order valence-corrected chi connectivity index (χ0v) is 18.2. The van der Waals surface area contributed by atoms with Crippen molar-refractivity contribution in [2.75, 3.05) is 0 Å². The predicted molar refractivity (Wildman–Crippen MR) is 117 cm³/mol. The molecule has 0 aliphatic heterocycles. The summed E-state index contributed by atoms with van der Waals surface area (Å²) in [5.41, 5.74) is 3.88. The van der Waals surface area contributed by atoms with E-state index in [1.165, 1.54) is 0 Å². The molecule has 1 amide bonds. The highest BCUT2D eigenvalue weighted by Crippen LogP contribution is 2.27. The van der Waals surface area contributed by atoms with Gasteiger partial charge in [0.1, 0.15) is 0 Å². The van der Waals surface area contributed by atoms with Crippen LogP contribution in [0.15, 0.2) is 29.3 Å². The Morgan fingerprint density at radius 1 is 1.23 bits per heavy atom. The van der Waals surface area contributed by atoms with E-state index in [1.54, 1.807) is 37.0 Å². The normalized spacial score (nSPS) is 19.2. The monoisotopic (exact) mass is 427 g/mol. The summed E-state index contributed by atoms with van der Waals surface area (Å²) >= 11 is 5.99. The van der Waals surface area contributed by atoms with E-state index in [9.17, 15) is 9.59 Å². The number of rotatable bonds is 4. The first-order valence-electron chi connectivity index (χ1n) is 10.3. The Kier molecular flexibility index (Phi) is 5.64. The van der Waals surface area contributed by atoms with Crippen molar-refractivity contribution in [1.29, 1.82) is 0 Å². The van der Waals surface area contributed by atoms with Gasteiger partial charge >= 0.3 is 5.69 Å². The standard InChI is InChI=1S/C22H26ClN5O2/c1-13-8-9-24-20-19(13)28(22(30)27(20)3)12-15-4-6-17(7-5-15)26-21(29)18-10-16(23)11-25-14(18)2/h8-11,15,17H,4-7,12H2,1-3H3,(H,26,29)/t15-,17+. The van der Waals surface area contributed by atoms with Crippen LogP contribution >= 0.6 is 11.6 Å². The minimum atomic E-state index is -0.127. The molecule has 3 aromatic rings. The molecule has 1 fully saturated rings. The van der Waals surface area contributed by atoms with E-state index in [0.717, 1.165) is 42.4 Å². The van der Waals surface area contributed by atoms with Gasteiger partial charge in [0, 0.05) is 32.0 Å². The average molecular weight is 428 g/mol. The topological polar surface area (TPSA) is 81.8 Å². The molecule has 1 aliphatic carbocycles. The summed E-state index contributed by atoms with van der Waals surface area (Å²) in [4.78, 5) is 33.9. The lowest BCUT2D eigenvalue weighted by molar-refractivity contribution is 0.0919. The number of halogens is 1. The van der Waals surface area contributed by atoms with Gasteiger partial charge < -0.3 is 5.32 Å². The van der Waals surface area contributed by atoms with Crippen LogP contribution in [0.1, 0.15) is 47.3 Å². The van der Waals surface area contributed by atoms with Crippen molar-refractivity contribution in [3.63, 3.8) is 0 Å². The number of amides is 1. The number of hydrogen-bond acceptors (Lipinski definition) is 4. The highest BCUT2D eigenvalue weighted by Gasteiger charge is 2.25. The second-order valence-corrected chi connectivity index (χ2v) is 8.67. The van der Waals surface area contributed by atoms with Crippen LogP contribution in [0.25, 0.3) is 11.2 Å². The highest BCUT2D eigenvalue weighted by atomic mass is 35.5. The molecule has 3 heterocycles. The molecule has 4 rings (SSSR count). The third-order valence-electron chi connectivity index (χ3n) is 6.13. The molecule has 0 spiro atoms. The van der Waals surface area contributed by atoms with E-state index in [1.807, 2.05) is 17.6 Å². The number of imidazole rings is 1. The maximum atomic E-state index is 12.8. The number of nitrogens with one attached hydrogen (secondary N) is 1. The highest BCUT2D eigenvalue weighted by molar-refractivity contribution is 6.30. The number of nitrogens with zero attached hydrogens (tertiary/aromatic N) is 4. The van der Waals surface area contributed by atoms with Gasteiger partial charge in [0.15, 0.2) is 5.65 Å². The largest absolute Gasteiger partial charge is 0.349 e. The van der Waals surface area contributed by atoms with Crippen molar-refractivity contribution in [3.05, 3.63) is 56.9 Å². The van der Waals surface area contributed by atoms with Crippen molar-refractivity contribution < 1.29 is 4.79 Å². The lowest BCUT2D eigenvalue weighted by Crippen LogP contribution is -2.39. The molecule has 30 heavy (non-hydrogen) atoms. The van der Waals surface area contributed by atoms with Crippen LogP contribution < -0.4 is 11.0 Å². The van der Waals surface area contributed by atoms with E-state index in [2.05, 4.69) is 15.3 Å². The summed E-state index contributed by atoms with van der Waals surface area (Å²) < 4.78 is 3.48. The molecule has 1 saturated carbocycles. The summed E-state index contributed by atoms with van der Waals surface area (Å²) in [6, 6.07) is 3.73. The van der Waals surface area contributed by atoms with Gasteiger partial charge in [-0.05, 0) is 63.1 Å². The zero-order chi connectivity index (χ0) is 21.4. The molecule has 8 heteroatoms. The van der Waals surface area contributed by atoms with E-state index in [0.29, 0.717) is 28.7 Å². The first-order chi connectivity index (χ1) is 14.3. The molecule has 0 atom stereocenters. The Balaban J connectivity index is 1.42.